The minimum atomic E-state index is -4.78. The lowest BCUT2D eigenvalue weighted by atomic mass is 10.3. The van der Waals surface area contributed by atoms with E-state index in [0.29, 0.717) is 37.5 Å². The number of rotatable bonds is 6. The quantitative estimate of drug-likeness (QED) is 0.726. The molecule has 3 heterocycles. The number of amides is 1. The molecule has 29 heavy (non-hydrogen) atoms. The van der Waals surface area contributed by atoms with Crippen molar-refractivity contribution in [2.24, 2.45) is 0 Å². The van der Waals surface area contributed by atoms with E-state index < -0.39 is 28.6 Å². The topological polar surface area (TPSA) is 98.7 Å². The van der Waals surface area contributed by atoms with Crippen LogP contribution in [0.15, 0.2) is 24.5 Å². The number of carboxylic acid groups (broad SMARTS) is 1. The van der Waals surface area contributed by atoms with E-state index in [1.807, 2.05) is 12.1 Å². The highest BCUT2D eigenvalue weighted by molar-refractivity contribution is 7.17. The zero-order valence-electron chi connectivity index (χ0n) is 15.1. The highest BCUT2D eigenvalue weighted by Crippen LogP contribution is 2.37. The number of anilines is 2. The normalized spacial score (nSPS) is 14.7. The standard InChI is InChI=1S/C17H18F3N5O3S/c18-17(19,20)14-13(15(28)22-6-3-12(26)27)29-16(23-14)25-9-7-24(8-10-25)11-1-4-21-5-2-11/h1-2,4-5H,3,6-10H2,(H,22,28)(H,26,27). The Kier molecular flexibility index (Phi) is 6.20. The lowest BCUT2D eigenvalue weighted by Gasteiger charge is -2.35. The van der Waals surface area contributed by atoms with E-state index in [2.05, 4.69) is 20.2 Å². The van der Waals surface area contributed by atoms with Crippen LogP contribution in [0.5, 0.6) is 0 Å². The number of alkyl halides is 3. The van der Waals surface area contributed by atoms with Crippen molar-refractivity contribution in [2.75, 3.05) is 42.5 Å². The van der Waals surface area contributed by atoms with Crippen molar-refractivity contribution in [3.63, 3.8) is 0 Å². The van der Waals surface area contributed by atoms with Crippen molar-refractivity contribution in [1.29, 1.82) is 0 Å². The molecule has 0 saturated carbocycles. The smallest absolute Gasteiger partial charge is 0.435 e. The number of thiazole rings is 1. The maximum Gasteiger partial charge on any atom is 0.435 e. The van der Waals surface area contributed by atoms with E-state index in [-0.39, 0.29) is 18.1 Å². The van der Waals surface area contributed by atoms with Crippen LogP contribution in [0.25, 0.3) is 0 Å². The van der Waals surface area contributed by atoms with Crippen molar-refractivity contribution in [3.05, 3.63) is 35.1 Å². The highest BCUT2D eigenvalue weighted by atomic mass is 32.1. The summed E-state index contributed by atoms with van der Waals surface area (Å²) in [7, 11) is 0. The first-order valence-corrected chi connectivity index (χ1v) is 9.55. The van der Waals surface area contributed by atoms with Crippen LogP contribution in [0.4, 0.5) is 24.0 Å². The summed E-state index contributed by atoms with van der Waals surface area (Å²) < 4.78 is 40.1. The van der Waals surface area contributed by atoms with Gasteiger partial charge in [0.15, 0.2) is 10.8 Å². The second-order valence-corrected chi connectivity index (χ2v) is 7.23. The molecule has 2 aromatic rings. The van der Waals surface area contributed by atoms with Crippen LogP contribution in [-0.2, 0) is 11.0 Å². The van der Waals surface area contributed by atoms with E-state index in [0.717, 1.165) is 5.69 Å². The Balaban J connectivity index is 1.72. The summed E-state index contributed by atoms with van der Waals surface area (Å²) in [6.07, 6.45) is -1.82. The fourth-order valence-corrected chi connectivity index (χ4v) is 3.92. The van der Waals surface area contributed by atoms with Crippen LogP contribution >= 0.6 is 11.3 Å². The Morgan fingerprint density at radius 3 is 2.34 bits per heavy atom. The number of nitrogens with one attached hydrogen (secondary N) is 1. The van der Waals surface area contributed by atoms with Gasteiger partial charge >= 0.3 is 12.1 Å². The van der Waals surface area contributed by atoms with Crippen LogP contribution in [0.3, 0.4) is 0 Å². The molecule has 8 nitrogen and oxygen atoms in total. The van der Waals surface area contributed by atoms with Crippen molar-refractivity contribution >= 4 is 34.0 Å². The Morgan fingerprint density at radius 2 is 1.76 bits per heavy atom. The monoisotopic (exact) mass is 429 g/mol. The molecule has 0 unspecified atom stereocenters. The molecule has 1 saturated heterocycles. The van der Waals surface area contributed by atoms with Gasteiger partial charge in [-0.25, -0.2) is 4.98 Å². The van der Waals surface area contributed by atoms with Gasteiger partial charge < -0.3 is 20.2 Å². The molecule has 3 rings (SSSR count). The predicted molar refractivity (Wildman–Crippen MR) is 100 cm³/mol. The summed E-state index contributed by atoms with van der Waals surface area (Å²) >= 11 is 0.664. The molecule has 2 N–H and O–H groups in total. The number of aromatic nitrogens is 2. The number of carboxylic acids is 1. The minimum absolute atomic E-state index is 0.120. The van der Waals surface area contributed by atoms with E-state index in [1.165, 1.54) is 0 Å². The Morgan fingerprint density at radius 1 is 1.14 bits per heavy atom. The summed E-state index contributed by atoms with van der Waals surface area (Å²) in [5.74, 6) is -2.13. The average Bonchev–Trinajstić information content (AvgIpc) is 3.15. The van der Waals surface area contributed by atoms with E-state index in [1.54, 1.807) is 17.3 Å². The van der Waals surface area contributed by atoms with Gasteiger partial charge in [0.05, 0.1) is 6.42 Å². The molecular weight excluding hydrogens is 411 g/mol. The fourth-order valence-electron chi connectivity index (χ4n) is 2.86. The zero-order valence-corrected chi connectivity index (χ0v) is 16.0. The molecule has 12 heteroatoms. The third-order valence-corrected chi connectivity index (χ3v) is 5.41. The first-order chi connectivity index (χ1) is 13.8. The van der Waals surface area contributed by atoms with Crippen molar-refractivity contribution < 1.29 is 27.9 Å². The van der Waals surface area contributed by atoms with Gasteiger partial charge in [-0.05, 0) is 12.1 Å². The molecule has 0 radical (unpaired) electrons. The Hall–Kier alpha value is -2.89. The summed E-state index contributed by atoms with van der Waals surface area (Å²) in [6.45, 7) is 1.82. The third-order valence-electron chi connectivity index (χ3n) is 4.29. The van der Waals surface area contributed by atoms with Crippen LogP contribution in [0, 0.1) is 0 Å². The van der Waals surface area contributed by atoms with Gasteiger partial charge in [-0.1, -0.05) is 11.3 Å². The SMILES string of the molecule is O=C(O)CCNC(=O)c1sc(N2CCN(c3ccncc3)CC2)nc1C(F)(F)F. The summed E-state index contributed by atoms with van der Waals surface area (Å²) in [5.41, 5.74) is -0.268. The molecule has 0 atom stereocenters. The molecule has 0 aromatic carbocycles. The molecule has 0 spiro atoms. The number of hydrogen-bond acceptors (Lipinski definition) is 7. The van der Waals surface area contributed by atoms with Crippen LogP contribution in [0.1, 0.15) is 21.8 Å². The third kappa shape index (κ3) is 5.13. The first-order valence-electron chi connectivity index (χ1n) is 8.73. The molecule has 2 aromatic heterocycles. The van der Waals surface area contributed by atoms with Gasteiger partial charge in [0.25, 0.3) is 5.91 Å². The number of hydrogen-bond donors (Lipinski definition) is 2. The number of aliphatic carboxylic acids is 1. The molecular formula is C17H18F3N5O3S. The van der Waals surface area contributed by atoms with Crippen LogP contribution < -0.4 is 15.1 Å². The van der Waals surface area contributed by atoms with Gasteiger partial charge in [-0.15, -0.1) is 0 Å². The van der Waals surface area contributed by atoms with E-state index in [9.17, 15) is 22.8 Å². The molecule has 1 aliphatic rings. The zero-order chi connectivity index (χ0) is 21.0. The minimum Gasteiger partial charge on any atom is -0.481 e. The Bertz CT molecular complexity index is 867. The van der Waals surface area contributed by atoms with E-state index >= 15 is 0 Å². The highest BCUT2D eigenvalue weighted by Gasteiger charge is 2.40. The van der Waals surface area contributed by atoms with Gasteiger partial charge in [0.2, 0.25) is 0 Å². The number of carbonyl (C=O) groups excluding carboxylic acids is 1. The summed E-state index contributed by atoms with van der Waals surface area (Å²) in [6, 6.07) is 3.72. The lowest BCUT2D eigenvalue weighted by molar-refractivity contribution is -0.141. The molecule has 1 amide bonds. The van der Waals surface area contributed by atoms with Gasteiger partial charge in [-0.2, -0.15) is 13.2 Å². The maximum absolute atomic E-state index is 13.4. The second-order valence-electron chi connectivity index (χ2n) is 6.25. The number of halogens is 3. The molecule has 0 bridgehead atoms. The summed E-state index contributed by atoms with van der Waals surface area (Å²) in [4.78, 5) is 33.6. The van der Waals surface area contributed by atoms with Crippen LogP contribution in [-0.4, -0.2) is 59.7 Å². The lowest BCUT2D eigenvalue weighted by Crippen LogP contribution is -2.46. The molecule has 0 aliphatic carbocycles. The van der Waals surface area contributed by atoms with Crippen LogP contribution in [0.2, 0.25) is 0 Å². The fraction of sp³-hybridized carbons (Fsp3) is 0.412. The van der Waals surface area contributed by atoms with Gasteiger partial charge in [0.1, 0.15) is 4.88 Å². The van der Waals surface area contributed by atoms with E-state index in [4.69, 9.17) is 5.11 Å². The average molecular weight is 429 g/mol. The Labute approximate surface area is 168 Å². The van der Waals surface area contributed by atoms with Crippen molar-refractivity contribution in [1.82, 2.24) is 15.3 Å². The second kappa shape index (κ2) is 8.64. The van der Waals surface area contributed by atoms with Crippen molar-refractivity contribution in [2.45, 2.75) is 12.6 Å². The maximum atomic E-state index is 13.4. The predicted octanol–water partition coefficient (Wildman–Crippen LogP) is 2.09. The number of nitrogens with zero attached hydrogens (tertiary/aromatic N) is 4. The number of pyridine rings is 1. The largest absolute Gasteiger partial charge is 0.481 e. The van der Waals surface area contributed by atoms with Gasteiger partial charge in [-0.3, -0.25) is 14.6 Å². The first kappa shape index (κ1) is 20.8. The molecule has 1 aliphatic heterocycles. The van der Waals surface area contributed by atoms with Gasteiger partial charge in [0, 0.05) is 50.8 Å². The molecule has 156 valence electrons. The van der Waals surface area contributed by atoms with Crippen molar-refractivity contribution in [3.8, 4) is 0 Å². The number of piperazine rings is 1. The number of carbonyl (C=O) groups is 2. The molecule has 1 fully saturated rings. The summed E-state index contributed by atoms with van der Waals surface area (Å²) in [5, 5.41) is 10.9.